The van der Waals surface area contributed by atoms with Crippen LogP contribution in [0.25, 0.3) is 0 Å². The third-order valence-electron chi connectivity index (χ3n) is 3.10. The molecule has 0 aliphatic heterocycles. The molecule has 0 aliphatic rings. The van der Waals surface area contributed by atoms with Crippen LogP contribution in [0.3, 0.4) is 0 Å². The molecular weight excluding hydrogens is 246 g/mol. The van der Waals surface area contributed by atoms with Crippen molar-refractivity contribution < 1.29 is 0 Å². The number of rotatable bonds is 8. The van der Waals surface area contributed by atoms with Crippen molar-refractivity contribution in [3.8, 4) is 0 Å². The molecule has 1 aromatic rings. The molecule has 0 aliphatic carbocycles. The highest BCUT2D eigenvalue weighted by Crippen LogP contribution is 2.03. The summed E-state index contributed by atoms with van der Waals surface area (Å²) >= 11 is 0. The Morgan fingerprint density at radius 3 is 2.58 bits per heavy atom. The van der Waals surface area contributed by atoms with Gasteiger partial charge in [0.1, 0.15) is 0 Å². The lowest BCUT2D eigenvalue weighted by Gasteiger charge is -2.19. The number of nitrogens with zero attached hydrogens (tertiary/aromatic N) is 2. The third-order valence-corrected chi connectivity index (χ3v) is 3.10. The lowest BCUT2D eigenvalue weighted by atomic mass is 10.2. The fourth-order valence-electron chi connectivity index (χ4n) is 1.91. The topological polar surface area (TPSA) is 93.9 Å². The van der Waals surface area contributed by atoms with Crippen LogP contribution in [0.1, 0.15) is 33.6 Å². The fraction of sp³-hybridized carbons (Fsp3) is 0.750. The van der Waals surface area contributed by atoms with Crippen molar-refractivity contribution in [3.63, 3.8) is 0 Å². The maximum absolute atomic E-state index is 11.4. The van der Waals surface area contributed by atoms with E-state index in [1.54, 1.807) is 0 Å². The Kier molecular flexibility index (Phi) is 6.27. The number of anilines is 1. The summed E-state index contributed by atoms with van der Waals surface area (Å²) in [5.41, 5.74) is -1.08. The minimum atomic E-state index is -0.593. The Morgan fingerprint density at radius 1 is 1.32 bits per heavy atom. The Labute approximate surface area is 112 Å². The second-order valence-electron chi connectivity index (χ2n) is 4.57. The predicted octanol–water partition coefficient (Wildman–Crippen LogP) is 0.381. The van der Waals surface area contributed by atoms with Crippen LogP contribution < -0.4 is 16.6 Å². The van der Waals surface area contributed by atoms with Gasteiger partial charge in [0.15, 0.2) is 0 Å². The molecule has 1 rings (SSSR count). The highest BCUT2D eigenvalue weighted by Gasteiger charge is 2.07. The summed E-state index contributed by atoms with van der Waals surface area (Å²) in [6.45, 7) is 9.45. The van der Waals surface area contributed by atoms with Crippen molar-refractivity contribution >= 4 is 5.82 Å². The molecule has 7 nitrogen and oxygen atoms in total. The molecular formula is C12H23N5O2. The third kappa shape index (κ3) is 5.25. The average Bonchev–Trinajstić information content (AvgIpc) is 2.38. The summed E-state index contributed by atoms with van der Waals surface area (Å²) in [5.74, 6) is 0.162. The average molecular weight is 269 g/mol. The Balaban J connectivity index is 2.41. The molecule has 0 spiro atoms. The second-order valence-corrected chi connectivity index (χ2v) is 4.57. The zero-order valence-corrected chi connectivity index (χ0v) is 11.8. The molecule has 3 N–H and O–H groups in total. The van der Waals surface area contributed by atoms with E-state index >= 15 is 0 Å². The summed E-state index contributed by atoms with van der Waals surface area (Å²) in [7, 11) is 0. The number of aromatic amines is 2. The highest BCUT2D eigenvalue weighted by molar-refractivity contribution is 5.29. The van der Waals surface area contributed by atoms with Gasteiger partial charge in [0.2, 0.25) is 5.82 Å². The molecule has 1 unspecified atom stereocenters. The molecule has 19 heavy (non-hydrogen) atoms. The van der Waals surface area contributed by atoms with Crippen molar-refractivity contribution in [1.82, 2.24) is 20.1 Å². The maximum Gasteiger partial charge on any atom is 0.342 e. The second kappa shape index (κ2) is 7.73. The van der Waals surface area contributed by atoms with Crippen molar-refractivity contribution in [1.29, 1.82) is 0 Å². The van der Waals surface area contributed by atoms with Crippen molar-refractivity contribution in [3.05, 3.63) is 20.8 Å². The Hall–Kier alpha value is -1.63. The SMILES string of the molecule is CCN(CC)CCCC(C)Nc1n[nH]c(=O)[nH]c1=O. The number of H-pyrrole nitrogens is 2. The zero-order chi connectivity index (χ0) is 14.3. The molecule has 0 radical (unpaired) electrons. The van der Waals surface area contributed by atoms with Gasteiger partial charge in [-0.1, -0.05) is 13.8 Å². The van der Waals surface area contributed by atoms with E-state index in [-0.39, 0.29) is 11.9 Å². The largest absolute Gasteiger partial charge is 0.362 e. The first-order valence-corrected chi connectivity index (χ1v) is 6.74. The van der Waals surface area contributed by atoms with Crippen LogP contribution in [0.2, 0.25) is 0 Å². The van der Waals surface area contributed by atoms with E-state index in [1.807, 2.05) is 6.92 Å². The van der Waals surface area contributed by atoms with E-state index in [1.165, 1.54) is 0 Å². The highest BCUT2D eigenvalue weighted by atomic mass is 16.2. The van der Waals surface area contributed by atoms with Crippen molar-refractivity contribution in [2.45, 2.75) is 39.7 Å². The van der Waals surface area contributed by atoms with Crippen LogP contribution in [0, 0.1) is 0 Å². The van der Waals surface area contributed by atoms with Gasteiger partial charge >= 0.3 is 5.69 Å². The number of aromatic nitrogens is 3. The van der Waals surface area contributed by atoms with Crippen LogP contribution >= 0.6 is 0 Å². The number of hydrogen-bond acceptors (Lipinski definition) is 5. The molecule has 0 bridgehead atoms. The summed E-state index contributed by atoms with van der Waals surface area (Å²) in [5, 5.41) is 8.90. The summed E-state index contributed by atoms with van der Waals surface area (Å²) < 4.78 is 0. The van der Waals surface area contributed by atoms with Gasteiger partial charge in [0.25, 0.3) is 5.56 Å². The Morgan fingerprint density at radius 2 is 2.00 bits per heavy atom. The van der Waals surface area contributed by atoms with Gasteiger partial charge in [-0.3, -0.25) is 9.78 Å². The van der Waals surface area contributed by atoms with Crippen LogP contribution in [0.5, 0.6) is 0 Å². The van der Waals surface area contributed by atoms with Gasteiger partial charge in [-0.2, -0.15) is 0 Å². The van der Waals surface area contributed by atoms with Gasteiger partial charge in [-0.25, -0.2) is 9.89 Å². The normalized spacial score (nSPS) is 12.6. The lowest BCUT2D eigenvalue weighted by molar-refractivity contribution is 0.295. The first kappa shape index (κ1) is 15.4. The van der Waals surface area contributed by atoms with Gasteiger partial charge in [-0.05, 0) is 39.4 Å². The van der Waals surface area contributed by atoms with Crippen LogP contribution in [0.4, 0.5) is 5.82 Å². The quantitative estimate of drug-likeness (QED) is 0.634. The van der Waals surface area contributed by atoms with Crippen LogP contribution in [-0.2, 0) is 0 Å². The lowest BCUT2D eigenvalue weighted by Crippen LogP contribution is -2.30. The summed E-state index contributed by atoms with van der Waals surface area (Å²) in [4.78, 5) is 26.8. The monoisotopic (exact) mass is 269 g/mol. The van der Waals surface area contributed by atoms with E-state index in [2.05, 4.69) is 39.2 Å². The van der Waals surface area contributed by atoms with E-state index in [0.717, 1.165) is 32.5 Å². The molecule has 1 aromatic heterocycles. The van der Waals surface area contributed by atoms with Gasteiger partial charge in [0, 0.05) is 6.04 Å². The smallest absolute Gasteiger partial charge is 0.342 e. The van der Waals surface area contributed by atoms with Crippen molar-refractivity contribution in [2.24, 2.45) is 0 Å². The molecule has 0 amide bonds. The predicted molar refractivity (Wildman–Crippen MR) is 75.6 cm³/mol. The Bertz CT molecular complexity index is 477. The molecule has 7 heteroatoms. The first-order chi connectivity index (χ1) is 9.06. The van der Waals surface area contributed by atoms with Gasteiger partial charge < -0.3 is 10.2 Å². The van der Waals surface area contributed by atoms with E-state index in [9.17, 15) is 9.59 Å². The van der Waals surface area contributed by atoms with E-state index < -0.39 is 11.2 Å². The van der Waals surface area contributed by atoms with Crippen LogP contribution in [-0.4, -0.2) is 45.8 Å². The molecule has 1 heterocycles. The van der Waals surface area contributed by atoms with Crippen LogP contribution in [0.15, 0.2) is 9.59 Å². The maximum atomic E-state index is 11.4. The summed E-state index contributed by atoms with van der Waals surface area (Å²) in [6, 6.07) is 0.134. The number of hydrogen-bond donors (Lipinski definition) is 3. The van der Waals surface area contributed by atoms with E-state index in [0.29, 0.717) is 0 Å². The summed E-state index contributed by atoms with van der Waals surface area (Å²) in [6.07, 6.45) is 1.99. The minimum Gasteiger partial charge on any atom is -0.362 e. The molecule has 0 saturated heterocycles. The molecule has 0 fully saturated rings. The molecule has 0 aromatic carbocycles. The van der Waals surface area contributed by atoms with Gasteiger partial charge in [-0.15, -0.1) is 5.10 Å². The molecule has 108 valence electrons. The fourth-order valence-corrected chi connectivity index (χ4v) is 1.91. The molecule has 1 atom stereocenters. The molecule has 0 saturated carbocycles. The number of nitrogens with one attached hydrogen (secondary N) is 3. The van der Waals surface area contributed by atoms with Crippen molar-refractivity contribution in [2.75, 3.05) is 25.0 Å². The first-order valence-electron chi connectivity index (χ1n) is 6.74. The minimum absolute atomic E-state index is 0.134. The van der Waals surface area contributed by atoms with Gasteiger partial charge in [0.05, 0.1) is 0 Å². The van der Waals surface area contributed by atoms with E-state index in [4.69, 9.17) is 0 Å². The standard InChI is InChI=1S/C12H23N5O2/c1-4-17(5-2)8-6-7-9(3)13-10-11(18)14-12(19)16-15-10/h9H,4-8H2,1-3H3,(H,13,15)(H2,14,16,18,19). The zero-order valence-electron chi connectivity index (χ0n) is 11.8.